The molecule has 20 heavy (non-hydrogen) atoms. The van der Waals surface area contributed by atoms with E-state index in [-0.39, 0.29) is 5.78 Å². The number of halogens is 1. The summed E-state index contributed by atoms with van der Waals surface area (Å²) in [4.78, 5) is 12.5. The molecule has 1 aromatic heterocycles. The van der Waals surface area contributed by atoms with Crippen molar-refractivity contribution in [2.45, 2.75) is 13.3 Å². The van der Waals surface area contributed by atoms with Crippen LogP contribution in [-0.4, -0.2) is 5.78 Å². The van der Waals surface area contributed by atoms with Crippen LogP contribution in [0.3, 0.4) is 0 Å². The maximum absolute atomic E-state index is 12.5. The largest absolute Gasteiger partial charge is 0.294 e. The summed E-state index contributed by atoms with van der Waals surface area (Å²) in [7, 11) is 0. The number of carbonyl (C=O) groups excluding carboxylic acids is 1. The summed E-state index contributed by atoms with van der Waals surface area (Å²) in [6.45, 7) is 2.00. The van der Waals surface area contributed by atoms with Gasteiger partial charge in [-0.3, -0.25) is 4.79 Å². The Labute approximate surface area is 130 Å². The van der Waals surface area contributed by atoms with E-state index >= 15 is 0 Å². The van der Waals surface area contributed by atoms with Gasteiger partial charge in [0.05, 0.1) is 0 Å². The molecule has 3 aromatic rings. The highest BCUT2D eigenvalue weighted by Crippen LogP contribution is 2.28. The van der Waals surface area contributed by atoms with Gasteiger partial charge in [0, 0.05) is 21.2 Å². The van der Waals surface area contributed by atoms with Gasteiger partial charge in [-0.15, -0.1) is 11.3 Å². The molecule has 0 spiro atoms. The van der Waals surface area contributed by atoms with Gasteiger partial charge in [-0.05, 0) is 41.5 Å². The lowest BCUT2D eigenvalue weighted by molar-refractivity contribution is 0.0992. The maximum Gasteiger partial charge on any atom is 0.168 e. The van der Waals surface area contributed by atoms with Crippen molar-refractivity contribution in [3.05, 3.63) is 69.0 Å². The number of hydrogen-bond donors (Lipinski definition) is 0. The molecular weight excluding hydrogens is 332 g/mol. The smallest absolute Gasteiger partial charge is 0.168 e. The van der Waals surface area contributed by atoms with Crippen LogP contribution in [0, 0.1) is 6.92 Å². The van der Waals surface area contributed by atoms with E-state index in [9.17, 15) is 4.79 Å². The van der Waals surface area contributed by atoms with Gasteiger partial charge in [0.1, 0.15) is 0 Å². The Hall–Kier alpha value is -1.45. The van der Waals surface area contributed by atoms with Crippen LogP contribution in [0.25, 0.3) is 10.1 Å². The number of carbonyl (C=O) groups is 1. The zero-order valence-electron chi connectivity index (χ0n) is 11.0. The van der Waals surface area contributed by atoms with Crippen molar-refractivity contribution in [3.8, 4) is 0 Å². The van der Waals surface area contributed by atoms with Crippen molar-refractivity contribution in [1.29, 1.82) is 0 Å². The van der Waals surface area contributed by atoms with Crippen molar-refractivity contribution in [3.63, 3.8) is 0 Å². The topological polar surface area (TPSA) is 17.1 Å². The standard InChI is InChI=1S/C17H13BrOS/c1-11-6-7-15(18)14(8-11)16(19)9-12-10-20-17-5-3-2-4-13(12)17/h2-8,10H,9H2,1H3. The minimum absolute atomic E-state index is 0.157. The zero-order valence-corrected chi connectivity index (χ0v) is 13.4. The van der Waals surface area contributed by atoms with Gasteiger partial charge < -0.3 is 0 Å². The highest BCUT2D eigenvalue weighted by atomic mass is 79.9. The number of aryl methyl sites for hydroxylation is 1. The summed E-state index contributed by atoms with van der Waals surface area (Å²) in [5, 5.41) is 3.28. The van der Waals surface area contributed by atoms with Crippen LogP contribution in [0.2, 0.25) is 0 Å². The molecule has 0 atom stereocenters. The second-order valence-electron chi connectivity index (χ2n) is 4.84. The molecular formula is C17H13BrOS. The van der Waals surface area contributed by atoms with Crippen LogP contribution >= 0.6 is 27.3 Å². The van der Waals surface area contributed by atoms with E-state index in [1.54, 1.807) is 11.3 Å². The average molecular weight is 345 g/mol. The van der Waals surface area contributed by atoms with Gasteiger partial charge in [-0.1, -0.05) is 45.8 Å². The fourth-order valence-corrected chi connectivity index (χ4v) is 3.72. The van der Waals surface area contributed by atoms with Crippen LogP contribution in [0.5, 0.6) is 0 Å². The lowest BCUT2D eigenvalue weighted by Crippen LogP contribution is -2.04. The van der Waals surface area contributed by atoms with E-state index in [1.165, 1.54) is 10.1 Å². The Kier molecular flexibility index (Phi) is 3.72. The second-order valence-corrected chi connectivity index (χ2v) is 6.61. The third-order valence-electron chi connectivity index (χ3n) is 3.33. The summed E-state index contributed by atoms with van der Waals surface area (Å²) < 4.78 is 2.10. The molecule has 3 rings (SSSR count). The Morgan fingerprint density at radius 2 is 2.00 bits per heavy atom. The molecule has 0 amide bonds. The number of thiophene rings is 1. The SMILES string of the molecule is Cc1ccc(Br)c(C(=O)Cc2csc3ccccc23)c1. The molecule has 0 saturated carbocycles. The predicted octanol–water partition coefficient (Wildman–Crippen LogP) is 5.40. The molecule has 0 aliphatic carbocycles. The van der Waals surface area contributed by atoms with E-state index in [2.05, 4.69) is 33.4 Å². The van der Waals surface area contributed by atoms with Crippen molar-refractivity contribution >= 4 is 43.1 Å². The molecule has 0 aliphatic rings. The quantitative estimate of drug-likeness (QED) is 0.581. The molecule has 2 aromatic carbocycles. The van der Waals surface area contributed by atoms with Gasteiger partial charge in [0.2, 0.25) is 0 Å². The van der Waals surface area contributed by atoms with Crippen molar-refractivity contribution in [2.75, 3.05) is 0 Å². The molecule has 0 radical (unpaired) electrons. The summed E-state index contributed by atoms with van der Waals surface area (Å²) in [5.74, 6) is 0.157. The molecule has 0 aliphatic heterocycles. The molecule has 1 heterocycles. The Bertz CT molecular complexity index is 789. The Morgan fingerprint density at radius 3 is 2.85 bits per heavy atom. The molecule has 0 N–H and O–H groups in total. The monoisotopic (exact) mass is 344 g/mol. The molecule has 0 bridgehead atoms. The number of fused-ring (bicyclic) bond motifs is 1. The fourth-order valence-electron chi connectivity index (χ4n) is 2.29. The van der Waals surface area contributed by atoms with E-state index in [0.29, 0.717) is 6.42 Å². The molecule has 0 saturated heterocycles. The summed E-state index contributed by atoms with van der Waals surface area (Å²) in [5.41, 5.74) is 2.98. The first-order valence-corrected chi connectivity index (χ1v) is 8.07. The first-order chi connectivity index (χ1) is 9.65. The van der Waals surface area contributed by atoms with Gasteiger partial charge in [0.15, 0.2) is 5.78 Å². The first kappa shape index (κ1) is 13.5. The highest BCUT2D eigenvalue weighted by molar-refractivity contribution is 9.10. The predicted molar refractivity (Wildman–Crippen MR) is 88.7 cm³/mol. The Balaban J connectivity index is 1.94. The number of rotatable bonds is 3. The summed E-state index contributed by atoms with van der Waals surface area (Å²) in [6, 6.07) is 14.1. The fraction of sp³-hybridized carbons (Fsp3) is 0.118. The van der Waals surface area contributed by atoms with Crippen LogP contribution in [0.4, 0.5) is 0 Å². The lowest BCUT2D eigenvalue weighted by atomic mass is 10.0. The van der Waals surface area contributed by atoms with Gasteiger partial charge >= 0.3 is 0 Å². The third kappa shape index (κ3) is 2.56. The first-order valence-electron chi connectivity index (χ1n) is 6.39. The minimum Gasteiger partial charge on any atom is -0.294 e. The molecule has 3 heteroatoms. The van der Waals surface area contributed by atoms with Crippen molar-refractivity contribution in [1.82, 2.24) is 0 Å². The van der Waals surface area contributed by atoms with Crippen LogP contribution < -0.4 is 0 Å². The third-order valence-corrected chi connectivity index (χ3v) is 5.04. The van der Waals surface area contributed by atoms with Crippen LogP contribution in [0.15, 0.2) is 52.3 Å². The average Bonchev–Trinajstić information content (AvgIpc) is 2.85. The molecule has 100 valence electrons. The highest BCUT2D eigenvalue weighted by Gasteiger charge is 2.13. The summed E-state index contributed by atoms with van der Waals surface area (Å²) >= 11 is 5.16. The van der Waals surface area contributed by atoms with E-state index in [0.717, 1.165) is 21.2 Å². The van der Waals surface area contributed by atoms with Gasteiger partial charge in [-0.2, -0.15) is 0 Å². The second kappa shape index (κ2) is 5.51. The van der Waals surface area contributed by atoms with Gasteiger partial charge in [-0.25, -0.2) is 0 Å². The van der Waals surface area contributed by atoms with E-state index < -0.39 is 0 Å². The van der Waals surface area contributed by atoms with Crippen molar-refractivity contribution in [2.24, 2.45) is 0 Å². The molecule has 0 unspecified atom stereocenters. The summed E-state index contributed by atoms with van der Waals surface area (Å²) in [6.07, 6.45) is 0.450. The van der Waals surface area contributed by atoms with Crippen molar-refractivity contribution < 1.29 is 4.79 Å². The Morgan fingerprint density at radius 1 is 1.20 bits per heavy atom. The maximum atomic E-state index is 12.5. The number of ketones is 1. The normalized spacial score (nSPS) is 10.9. The van der Waals surface area contributed by atoms with E-state index in [1.807, 2.05) is 37.3 Å². The minimum atomic E-state index is 0.157. The number of Topliss-reactive ketones (excluding diaryl/α,β-unsaturated/α-hetero) is 1. The molecule has 1 nitrogen and oxygen atoms in total. The lowest BCUT2D eigenvalue weighted by Gasteiger charge is -2.05. The molecule has 0 fully saturated rings. The zero-order chi connectivity index (χ0) is 14.1. The van der Waals surface area contributed by atoms with E-state index in [4.69, 9.17) is 0 Å². The number of benzene rings is 2. The van der Waals surface area contributed by atoms with Crippen LogP contribution in [-0.2, 0) is 6.42 Å². The number of hydrogen-bond acceptors (Lipinski definition) is 2. The van der Waals surface area contributed by atoms with Gasteiger partial charge in [0.25, 0.3) is 0 Å². The van der Waals surface area contributed by atoms with Crippen LogP contribution in [0.1, 0.15) is 21.5 Å².